The molecule has 0 unspecified atom stereocenters. The number of aliphatic hydroxyl groups excluding tert-OH is 1. The van der Waals surface area contributed by atoms with Crippen molar-refractivity contribution in [3.05, 3.63) is 11.8 Å². The predicted octanol–water partition coefficient (Wildman–Crippen LogP) is -0.0929. The van der Waals surface area contributed by atoms with Crippen LogP contribution in [-0.4, -0.2) is 43.4 Å². The van der Waals surface area contributed by atoms with Gasteiger partial charge in [0.2, 0.25) is 0 Å². The van der Waals surface area contributed by atoms with E-state index in [1.807, 2.05) is 6.07 Å². The van der Waals surface area contributed by atoms with E-state index >= 15 is 0 Å². The Labute approximate surface area is 108 Å². The van der Waals surface area contributed by atoms with Crippen molar-refractivity contribution in [2.75, 3.05) is 26.9 Å². The predicted molar refractivity (Wildman–Crippen MR) is 67.5 cm³/mol. The van der Waals surface area contributed by atoms with Crippen molar-refractivity contribution >= 4 is 5.91 Å². The summed E-state index contributed by atoms with van der Waals surface area (Å²) in [6.45, 7) is 4.43. The molecule has 0 saturated heterocycles. The van der Waals surface area contributed by atoms with E-state index < -0.39 is 11.4 Å². The van der Waals surface area contributed by atoms with Crippen LogP contribution in [0.25, 0.3) is 0 Å². The number of nitrogens with zero attached hydrogens (tertiary/aromatic N) is 1. The molecule has 3 N–H and O–H groups in total. The lowest BCUT2D eigenvalue weighted by molar-refractivity contribution is -0.117. The molecule has 0 aliphatic rings. The monoisotopic (exact) mass is 255 g/mol. The number of hydrogen-bond donors (Lipinski definition) is 3. The number of nitriles is 1. The number of aliphatic hydroxyl groups is 1. The molecule has 102 valence electrons. The second-order valence-corrected chi connectivity index (χ2v) is 4.46. The standard InChI is InChI=1S/C12H21N3O3/c1-12(2,9-16)15-8-10(7-13)11(17)14-5-4-6-18-3/h8,15-16H,4-6,9H2,1-3H3,(H,14,17)/b10-8-. The van der Waals surface area contributed by atoms with E-state index in [0.29, 0.717) is 19.6 Å². The number of hydrogen-bond acceptors (Lipinski definition) is 5. The molecular weight excluding hydrogens is 234 g/mol. The molecule has 0 aromatic rings. The van der Waals surface area contributed by atoms with Gasteiger partial charge in [0, 0.05) is 26.5 Å². The van der Waals surface area contributed by atoms with Gasteiger partial charge in [-0.1, -0.05) is 0 Å². The first-order valence-electron chi connectivity index (χ1n) is 5.73. The smallest absolute Gasteiger partial charge is 0.263 e. The van der Waals surface area contributed by atoms with Gasteiger partial charge in [0.15, 0.2) is 0 Å². The number of nitrogens with one attached hydrogen (secondary N) is 2. The van der Waals surface area contributed by atoms with Gasteiger partial charge < -0.3 is 20.5 Å². The number of carbonyl (C=O) groups excluding carboxylic acids is 1. The molecule has 0 rings (SSSR count). The number of ether oxygens (including phenoxy) is 1. The summed E-state index contributed by atoms with van der Waals surface area (Å²) in [5.41, 5.74) is -0.590. The first kappa shape index (κ1) is 16.4. The van der Waals surface area contributed by atoms with Crippen molar-refractivity contribution in [3.8, 4) is 6.07 Å². The Hall–Kier alpha value is -1.58. The minimum atomic E-state index is -0.571. The van der Waals surface area contributed by atoms with Crippen LogP contribution in [0.1, 0.15) is 20.3 Å². The second-order valence-electron chi connectivity index (χ2n) is 4.46. The third kappa shape index (κ3) is 6.89. The lowest BCUT2D eigenvalue weighted by atomic mass is 10.1. The van der Waals surface area contributed by atoms with Crippen LogP contribution < -0.4 is 10.6 Å². The van der Waals surface area contributed by atoms with Crippen molar-refractivity contribution in [1.82, 2.24) is 10.6 Å². The summed E-state index contributed by atoms with van der Waals surface area (Å²) in [6.07, 6.45) is 2.01. The molecule has 6 heteroatoms. The van der Waals surface area contributed by atoms with Gasteiger partial charge in [0.25, 0.3) is 5.91 Å². The van der Waals surface area contributed by atoms with Crippen LogP contribution in [-0.2, 0) is 9.53 Å². The highest BCUT2D eigenvalue weighted by molar-refractivity contribution is 5.97. The maximum absolute atomic E-state index is 11.6. The molecule has 0 heterocycles. The third-order valence-corrected chi connectivity index (χ3v) is 2.18. The molecule has 0 aliphatic heterocycles. The highest BCUT2D eigenvalue weighted by atomic mass is 16.5. The molecule has 0 fully saturated rings. The molecule has 0 spiro atoms. The van der Waals surface area contributed by atoms with E-state index in [1.54, 1.807) is 21.0 Å². The second kappa shape index (κ2) is 8.50. The number of amides is 1. The fourth-order valence-electron chi connectivity index (χ4n) is 0.975. The van der Waals surface area contributed by atoms with Crippen molar-refractivity contribution < 1.29 is 14.6 Å². The van der Waals surface area contributed by atoms with E-state index in [1.165, 1.54) is 6.20 Å². The zero-order chi connectivity index (χ0) is 14.0. The zero-order valence-corrected chi connectivity index (χ0v) is 11.1. The van der Waals surface area contributed by atoms with Crippen molar-refractivity contribution in [3.63, 3.8) is 0 Å². The molecule has 1 amide bonds. The molecule has 18 heavy (non-hydrogen) atoms. The van der Waals surface area contributed by atoms with Crippen LogP contribution >= 0.6 is 0 Å². The van der Waals surface area contributed by atoms with Gasteiger partial charge in [-0.25, -0.2) is 0 Å². The van der Waals surface area contributed by atoms with E-state index in [4.69, 9.17) is 15.1 Å². The van der Waals surface area contributed by atoms with E-state index in [0.717, 1.165) is 0 Å². The van der Waals surface area contributed by atoms with Crippen molar-refractivity contribution in [2.24, 2.45) is 0 Å². The maximum atomic E-state index is 11.6. The largest absolute Gasteiger partial charge is 0.394 e. The van der Waals surface area contributed by atoms with E-state index in [2.05, 4.69) is 10.6 Å². The van der Waals surface area contributed by atoms with Gasteiger partial charge in [0.05, 0.1) is 12.1 Å². The van der Waals surface area contributed by atoms with Crippen molar-refractivity contribution in [2.45, 2.75) is 25.8 Å². The van der Waals surface area contributed by atoms with Gasteiger partial charge in [-0.05, 0) is 20.3 Å². The summed E-state index contributed by atoms with van der Waals surface area (Å²) in [5, 5.41) is 23.3. The molecule has 0 saturated carbocycles. The number of methoxy groups -OCH3 is 1. The van der Waals surface area contributed by atoms with Crippen LogP contribution in [0.15, 0.2) is 11.8 Å². The molecule has 0 aromatic heterocycles. The quantitative estimate of drug-likeness (QED) is 0.320. The third-order valence-electron chi connectivity index (χ3n) is 2.18. The molecule has 0 aliphatic carbocycles. The molecule has 0 atom stereocenters. The van der Waals surface area contributed by atoms with Gasteiger partial charge in [0.1, 0.15) is 11.6 Å². The molecular formula is C12H21N3O3. The highest BCUT2D eigenvalue weighted by Gasteiger charge is 2.15. The Bertz CT molecular complexity index is 332. The number of rotatable bonds is 8. The first-order valence-corrected chi connectivity index (χ1v) is 5.73. The Morgan fingerprint density at radius 3 is 2.72 bits per heavy atom. The average Bonchev–Trinajstić information content (AvgIpc) is 2.35. The topological polar surface area (TPSA) is 94.4 Å². The van der Waals surface area contributed by atoms with Gasteiger partial charge in [-0.15, -0.1) is 0 Å². The SMILES string of the molecule is COCCCNC(=O)/C(C#N)=C\NC(C)(C)CO. The Morgan fingerprint density at radius 2 is 2.22 bits per heavy atom. The summed E-state index contributed by atoms with van der Waals surface area (Å²) in [4.78, 5) is 11.6. The Kier molecular flexibility index (Phi) is 7.76. The van der Waals surface area contributed by atoms with Gasteiger partial charge in [-0.2, -0.15) is 5.26 Å². The first-order chi connectivity index (χ1) is 8.46. The van der Waals surface area contributed by atoms with Crippen molar-refractivity contribution in [1.29, 1.82) is 5.26 Å². The summed E-state index contributed by atoms with van der Waals surface area (Å²) in [7, 11) is 1.59. The maximum Gasteiger partial charge on any atom is 0.263 e. The van der Waals surface area contributed by atoms with Gasteiger partial charge in [-0.3, -0.25) is 4.79 Å². The minimum Gasteiger partial charge on any atom is -0.394 e. The lowest BCUT2D eigenvalue weighted by Crippen LogP contribution is -2.40. The molecule has 0 bridgehead atoms. The lowest BCUT2D eigenvalue weighted by Gasteiger charge is -2.22. The Morgan fingerprint density at radius 1 is 1.56 bits per heavy atom. The number of carbonyl (C=O) groups is 1. The highest BCUT2D eigenvalue weighted by Crippen LogP contribution is 2.01. The van der Waals surface area contributed by atoms with Crippen LogP contribution in [0, 0.1) is 11.3 Å². The zero-order valence-electron chi connectivity index (χ0n) is 11.1. The summed E-state index contributed by atoms with van der Waals surface area (Å²) >= 11 is 0. The summed E-state index contributed by atoms with van der Waals surface area (Å²) in [6, 6.07) is 1.81. The van der Waals surface area contributed by atoms with E-state index in [-0.39, 0.29) is 12.2 Å². The van der Waals surface area contributed by atoms with Crippen LogP contribution in [0.5, 0.6) is 0 Å². The molecule has 0 radical (unpaired) electrons. The van der Waals surface area contributed by atoms with Crippen LogP contribution in [0.3, 0.4) is 0 Å². The average molecular weight is 255 g/mol. The van der Waals surface area contributed by atoms with Crippen LogP contribution in [0.4, 0.5) is 0 Å². The summed E-state index contributed by atoms with van der Waals surface area (Å²) in [5.74, 6) is -0.435. The van der Waals surface area contributed by atoms with Gasteiger partial charge >= 0.3 is 0 Å². The molecule has 6 nitrogen and oxygen atoms in total. The summed E-state index contributed by atoms with van der Waals surface area (Å²) < 4.78 is 4.85. The Balaban J connectivity index is 4.28. The fraction of sp³-hybridized carbons (Fsp3) is 0.667. The minimum absolute atomic E-state index is 0.0195. The van der Waals surface area contributed by atoms with E-state index in [9.17, 15) is 4.79 Å². The fourth-order valence-corrected chi connectivity index (χ4v) is 0.975. The van der Waals surface area contributed by atoms with Crippen LogP contribution in [0.2, 0.25) is 0 Å². The normalized spacial score (nSPS) is 11.8. The molecule has 0 aromatic carbocycles.